The third-order valence-electron chi connectivity index (χ3n) is 3.60. The molecule has 0 radical (unpaired) electrons. The van der Waals surface area contributed by atoms with Crippen molar-refractivity contribution < 1.29 is 9.18 Å². The third-order valence-corrected chi connectivity index (χ3v) is 4.87. The molecule has 0 bridgehead atoms. The summed E-state index contributed by atoms with van der Waals surface area (Å²) in [6.45, 7) is 0.774. The van der Waals surface area contributed by atoms with Crippen LogP contribution in [0.3, 0.4) is 0 Å². The molecule has 0 aliphatic heterocycles. The summed E-state index contributed by atoms with van der Waals surface area (Å²) < 4.78 is 13.7. The highest BCUT2D eigenvalue weighted by molar-refractivity contribution is 14.0. The number of likely N-dealkylation sites (N-methyl/N-ethyl adjacent to an activating group) is 1. The van der Waals surface area contributed by atoms with Crippen LogP contribution in [0, 0.1) is 5.82 Å². The summed E-state index contributed by atoms with van der Waals surface area (Å²) in [5.41, 5.74) is 0.248. The fourth-order valence-corrected chi connectivity index (χ4v) is 2.94. The van der Waals surface area contributed by atoms with Crippen LogP contribution in [-0.2, 0) is 11.3 Å². The van der Waals surface area contributed by atoms with Gasteiger partial charge in [-0.1, -0.05) is 11.6 Å². The van der Waals surface area contributed by atoms with E-state index in [1.54, 1.807) is 25.9 Å². The zero-order chi connectivity index (χ0) is 20.4. The first-order valence-electron chi connectivity index (χ1n) is 8.66. The first-order chi connectivity index (χ1) is 13.5. The number of hydrogen-bond donors (Lipinski definition) is 2. The standard InChI is InChI=1S/C19H23ClFN5OS.HI/c1-26(2)18(27)13-25-19(24-12-17-16(21)4-3-9-22-17)23-10-11-28-15-7-5-14(20)6-8-15;/h3-9H,10-13H2,1-2H3,(H2,23,24,25);1H. The molecule has 158 valence electrons. The first kappa shape index (κ1) is 25.4. The van der Waals surface area contributed by atoms with E-state index in [0.29, 0.717) is 17.5 Å². The van der Waals surface area contributed by atoms with Crippen molar-refractivity contribution in [3.63, 3.8) is 0 Å². The van der Waals surface area contributed by atoms with Crippen LogP contribution in [0.1, 0.15) is 5.69 Å². The average Bonchev–Trinajstić information content (AvgIpc) is 2.68. The van der Waals surface area contributed by atoms with Crippen LogP contribution in [0.5, 0.6) is 0 Å². The normalized spacial score (nSPS) is 10.8. The van der Waals surface area contributed by atoms with E-state index >= 15 is 0 Å². The van der Waals surface area contributed by atoms with Gasteiger partial charge in [0.05, 0.1) is 18.8 Å². The van der Waals surface area contributed by atoms with Crippen molar-refractivity contribution in [3.05, 3.63) is 59.1 Å². The minimum absolute atomic E-state index is 0. The summed E-state index contributed by atoms with van der Waals surface area (Å²) in [7, 11) is 3.36. The Kier molecular flexibility index (Phi) is 11.9. The number of aliphatic imine (C=N–C) groups is 1. The molecule has 0 aliphatic carbocycles. The summed E-state index contributed by atoms with van der Waals surface area (Å²) in [4.78, 5) is 22.7. The molecular weight excluding hydrogens is 528 g/mol. The fourth-order valence-electron chi connectivity index (χ4n) is 2.05. The SMILES string of the molecule is CN(C)C(=O)CNC(=NCc1ncccc1F)NCCSc1ccc(Cl)cc1.I. The zero-order valence-electron chi connectivity index (χ0n) is 16.2. The van der Waals surface area contributed by atoms with Gasteiger partial charge in [0.2, 0.25) is 5.91 Å². The Hall–Kier alpha value is -1.59. The molecule has 1 amide bonds. The Morgan fingerprint density at radius 2 is 1.97 bits per heavy atom. The Morgan fingerprint density at radius 3 is 2.62 bits per heavy atom. The monoisotopic (exact) mass is 551 g/mol. The molecule has 0 unspecified atom stereocenters. The van der Waals surface area contributed by atoms with Gasteiger partial charge >= 0.3 is 0 Å². The van der Waals surface area contributed by atoms with E-state index in [0.717, 1.165) is 10.6 Å². The van der Waals surface area contributed by atoms with Crippen LogP contribution in [0.2, 0.25) is 5.02 Å². The van der Waals surface area contributed by atoms with E-state index < -0.39 is 5.82 Å². The second-order valence-corrected chi connectivity index (χ2v) is 7.57. The topological polar surface area (TPSA) is 69.6 Å². The van der Waals surface area contributed by atoms with Gasteiger partial charge < -0.3 is 15.5 Å². The van der Waals surface area contributed by atoms with Gasteiger partial charge in [-0.15, -0.1) is 35.7 Å². The lowest BCUT2D eigenvalue weighted by molar-refractivity contribution is -0.127. The van der Waals surface area contributed by atoms with Gasteiger partial charge in [-0.2, -0.15) is 0 Å². The number of rotatable bonds is 8. The largest absolute Gasteiger partial charge is 0.356 e. The summed E-state index contributed by atoms with van der Waals surface area (Å²) in [5, 5.41) is 6.83. The number of carbonyl (C=O) groups is 1. The van der Waals surface area contributed by atoms with Gasteiger partial charge in [-0.05, 0) is 36.4 Å². The molecule has 0 atom stereocenters. The second-order valence-electron chi connectivity index (χ2n) is 5.97. The van der Waals surface area contributed by atoms with E-state index in [4.69, 9.17) is 11.6 Å². The Bertz CT molecular complexity index is 807. The first-order valence-corrected chi connectivity index (χ1v) is 10.0. The van der Waals surface area contributed by atoms with Crippen molar-refractivity contribution in [3.8, 4) is 0 Å². The molecule has 10 heteroatoms. The molecule has 0 saturated carbocycles. The van der Waals surface area contributed by atoms with Crippen LogP contribution in [0.15, 0.2) is 52.5 Å². The predicted molar refractivity (Wildman–Crippen MR) is 128 cm³/mol. The van der Waals surface area contributed by atoms with Crippen molar-refractivity contribution in [2.75, 3.05) is 32.9 Å². The van der Waals surface area contributed by atoms with E-state index in [-0.39, 0.29) is 48.7 Å². The van der Waals surface area contributed by atoms with E-state index in [1.807, 2.05) is 24.3 Å². The number of aromatic nitrogens is 1. The molecule has 6 nitrogen and oxygen atoms in total. The number of halogens is 3. The molecule has 2 rings (SSSR count). The van der Waals surface area contributed by atoms with E-state index in [1.165, 1.54) is 23.2 Å². The average molecular weight is 552 g/mol. The summed E-state index contributed by atoms with van der Waals surface area (Å²) >= 11 is 7.55. The maximum Gasteiger partial charge on any atom is 0.241 e. The van der Waals surface area contributed by atoms with Gasteiger partial charge in [0.25, 0.3) is 0 Å². The molecule has 0 aliphatic rings. The van der Waals surface area contributed by atoms with Crippen LogP contribution < -0.4 is 10.6 Å². The van der Waals surface area contributed by atoms with Gasteiger partial charge in [0, 0.05) is 42.5 Å². The molecular formula is C19H24ClFIN5OS. The highest BCUT2D eigenvalue weighted by Gasteiger charge is 2.07. The number of carbonyl (C=O) groups excluding carboxylic acids is 1. The molecule has 1 heterocycles. The molecule has 1 aromatic carbocycles. The van der Waals surface area contributed by atoms with E-state index in [2.05, 4.69) is 20.6 Å². The number of thioether (sulfide) groups is 1. The smallest absolute Gasteiger partial charge is 0.241 e. The number of benzene rings is 1. The summed E-state index contributed by atoms with van der Waals surface area (Å²) in [6.07, 6.45) is 1.52. The molecule has 0 spiro atoms. The van der Waals surface area contributed by atoms with Gasteiger partial charge in [0.1, 0.15) is 5.82 Å². The highest BCUT2D eigenvalue weighted by atomic mass is 127. The third kappa shape index (κ3) is 9.64. The zero-order valence-corrected chi connectivity index (χ0v) is 20.1. The van der Waals surface area contributed by atoms with Crippen molar-refractivity contribution in [1.82, 2.24) is 20.5 Å². The van der Waals surface area contributed by atoms with Crippen molar-refractivity contribution in [2.45, 2.75) is 11.4 Å². The summed E-state index contributed by atoms with van der Waals surface area (Å²) in [6, 6.07) is 10.5. The number of pyridine rings is 1. The number of guanidine groups is 1. The van der Waals surface area contributed by atoms with Crippen molar-refractivity contribution in [1.29, 1.82) is 0 Å². The maximum atomic E-state index is 13.7. The minimum Gasteiger partial charge on any atom is -0.356 e. The highest BCUT2D eigenvalue weighted by Crippen LogP contribution is 2.19. The number of amides is 1. The lowest BCUT2D eigenvalue weighted by Gasteiger charge is -2.15. The van der Waals surface area contributed by atoms with Crippen molar-refractivity contribution in [2.24, 2.45) is 4.99 Å². The number of hydrogen-bond acceptors (Lipinski definition) is 4. The van der Waals surface area contributed by atoms with Gasteiger partial charge in [-0.3, -0.25) is 9.78 Å². The molecule has 0 saturated heterocycles. The minimum atomic E-state index is -0.409. The van der Waals surface area contributed by atoms with Crippen LogP contribution in [-0.4, -0.2) is 54.7 Å². The number of nitrogens with one attached hydrogen (secondary N) is 2. The van der Waals surface area contributed by atoms with Crippen molar-refractivity contribution >= 4 is 59.2 Å². The molecule has 2 N–H and O–H groups in total. The lowest BCUT2D eigenvalue weighted by Crippen LogP contribution is -2.43. The summed E-state index contributed by atoms with van der Waals surface area (Å²) in [5.74, 6) is 0.710. The Balaban J connectivity index is 0.00000420. The van der Waals surface area contributed by atoms with Gasteiger partial charge in [0.15, 0.2) is 5.96 Å². The molecule has 0 fully saturated rings. The Labute approximate surface area is 196 Å². The predicted octanol–water partition coefficient (Wildman–Crippen LogP) is 3.41. The molecule has 29 heavy (non-hydrogen) atoms. The second kappa shape index (κ2) is 13.6. The molecule has 1 aromatic heterocycles. The van der Waals surface area contributed by atoms with Crippen LogP contribution >= 0.6 is 47.3 Å². The quantitative estimate of drug-likeness (QED) is 0.173. The maximum absolute atomic E-state index is 13.7. The van der Waals surface area contributed by atoms with E-state index in [9.17, 15) is 9.18 Å². The lowest BCUT2D eigenvalue weighted by atomic mass is 10.3. The molecule has 2 aromatic rings. The van der Waals surface area contributed by atoms with Crippen LogP contribution in [0.4, 0.5) is 4.39 Å². The number of nitrogens with zero attached hydrogens (tertiary/aromatic N) is 3. The fraction of sp³-hybridized carbons (Fsp3) is 0.316. The Morgan fingerprint density at radius 1 is 1.24 bits per heavy atom. The van der Waals surface area contributed by atoms with Gasteiger partial charge in [-0.25, -0.2) is 9.38 Å². The van der Waals surface area contributed by atoms with Crippen LogP contribution in [0.25, 0.3) is 0 Å².